The van der Waals surface area contributed by atoms with Gasteiger partial charge in [0.05, 0.1) is 5.75 Å². The van der Waals surface area contributed by atoms with Crippen molar-refractivity contribution in [1.29, 1.82) is 0 Å². The summed E-state index contributed by atoms with van der Waals surface area (Å²) >= 11 is 0. The van der Waals surface area contributed by atoms with Gasteiger partial charge in [0.25, 0.3) is 0 Å². The van der Waals surface area contributed by atoms with Crippen molar-refractivity contribution in [2.24, 2.45) is 0 Å². The van der Waals surface area contributed by atoms with Crippen molar-refractivity contribution in [3.05, 3.63) is 53.1 Å². The van der Waals surface area contributed by atoms with Gasteiger partial charge >= 0.3 is 0 Å². The van der Waals surface area contributed by atoms with Gasteiger partial charge in [-0.1, -0.05) is 12.1 Å². The van der Waals surface area contributed by atoms with Gasteiger partial charge in [0.1, 0.15) is 23.0 Å². The summed E-state index contributed by atoms with van der Waals surface area (Å²) in [6.07, 6.45) is 4.56. The Hall–Kier alpha value is -1.99. The SMILES string of the molecule is CC(C)(C)N1CCC2(CCc3cc(-c4ccc(CS(C)(=O)=O)c(F)c4)c(F)cc3O2)CC1. The van der Waals surface area contributed by atoms with E-state index in [1.807, 2.05) is 0 Å². The maximum atomic E-state index is 15.0. The molecule has 174 valence electrons. The molecule has 0 atom stereocenters. The van der Waals surface area contributed by atoms with E-state index in [1.165, 1.54) is 18.2 Å². The number of rotatable bonds is 3. The van der Waals surface area contributed by atoms with E-state index in [0.717, 1.165) is 50.6 Å². The van der Waals surface area contributed by atoms with E-state index in [1.54, 1.807) is 12.1 Å². The van der Waals surface area contributed by atoms with Gasteiger partial charge in [0, 0.05) is 42.1 Å². The van der Waals surface area contributed by atoms with Crippen LogP contribution in [-0.4, -0.2) is 43.8 Å². The van der Waals surface area contributed by atoms with Crippen molar-refractivity contribution >= 4 is 9.84 Å². The second-order valence-electron chi connectivity index (χ2n) is 10.3. The van der Waals surface area contributed by atoms with Crippen LogP contribution in [0.2, 0.25) is 0 Å². The van der Waals surface area contributed by atoms with Crippen molar-refractivity contribution < 1.29 is 21.9 Å². The molecule has 4 rings (SSSR count). The fraction of sp³-hybridized carbons (Fsp3) is 0.520. The van der Waals surface area contributed by atoms with Crippen LogP contribution in [0.25, 0.3) is 11.1 Å². The maximum Gasteiger partial charge on any atom is 0.151 e. The highest BCUT2D eigenvalue weighted by Gasteiger charge is 2.41. The number of fused-ring (bicyclic) bond motifs is 1. The summed E-state index contributed by atoms with van der Waals surface area (Å²) < 4.78 is 58.8. The predicted octanol–water partition coefficient (Wildman–Crippen LogP) is 5.13. The lowest BCUT2D eigenvalue weighted by Gasteiger charge is -2.48. The zero-order valence-corrected chi connectivity index (χ0v) is 20.0. The molecule has 2 heterocycles. The summed E-state index contributed by atoms with van der Waals surface area (Å²) in [6.45, 7) is 8.57. The summed E-state index contributed by atoms with van der Waals surface area (Å²) in [5.41, 5.74) is 1.57. The van der Waals surface area contributed by atoms with E-state index < -0.39 is 21.5 Å². The lowest BCUT2D eigenvalue weighted by molar-refractivity contribution is -0.0357. The van der Waals surface area contributed by atoms with E-state index in [2.05, 4.69) is 25.7 Å². The van der Waals surface area contributed by atoms with Gasteiger partial charge in [-0.3, -0.25) is 4.90 Å². The van der Waals surface area contributed by atoms with Crippen LogP contribution in [0.15, 0.2) is 30.3 Å². The molecule has 0 N–H and O–H groups in total. The second kappa shape index (κ2) is 8.10. The minimum atomic E-state index is -3.36. The van der Waals surface area contributed by atoms with E-state index >= 15 is 4.39 Å². The van der Waals surface area contributed by atoms with Crippen LogP contribution in [0, 0.1) is 11.6 Å². The van der Waals surface area contributed by atoms with Crippen molar-refractivity contribution in [1.82, 2.24) is 4.90 Å². The van der Waals surface area contributed by atoms with Crippen molar-refractivity contribution in [2.75, 3.05) is 19.3 Å². The fourth-order valence-electron chi connectivity index (χ4n) is 4.81. The van der Waals surface area contributed by atoms with Gasteiger partial charge in [-0.2, -0.15) is 0 Å². The second-order valence-corrected chi connectivity index (χ2v) is 12.4. The molecule has 2 aromatic carbocycles. The predicted molar refractivity (Wildman–Crippen MR) is 123 cm³/mol. The number of piperidine rings is 1. The average molecular weight is 464 g/mol. The molecule has 1 spiro atoms. The standard InChI is InChI=1S/C25H31F2NO3S/c1-24(2,3)28-11-9-25(10-12-28)8-7-18-13-20(22(27)15-23(18)31-25)17-5-6-19(21(26)14-17)16-32(4,29)30/h5-6,13-15H,7-12,16H2,1-4H3. The number of halogens is 2. The smallest absolute Gasteiger partial charge is 0.151 e. The molecule has 0 aliphatic carbocycles. The molecule has 2 aliphatic rings. The number of aryl methyl sites for hydroxylation is 1. The van der Waals surface area contributed by atoms with E-state index in [-0.39, 0.29) is 22.5 Å². The number of hydrogen-bond acceptors (Lipinski definition) is 4. The highest BCUT2D eigenvalue weighted by atomic mass is 32.2. The van der Waals surface area contributed by atoms with Crippen LogP contribution in [-0.2, 0) is 22.0 Å². The fourth-order valence-corrected chi connectivity index (χ4v) is 5.61. The quantitative estimate of drug-likeness (QED) is 0.633. The third-order valence-corrected chi connectivity index (χ3v) is 7.57. The largest absolute Gasteiger partial charge is 0.487 e. The van der Waals surface area contributed by atoms with Gasteiger partial charge in [-0.05, 0) is 69.7 Å². The molecule has 2 aliphatic heterocycles. The number of sulfone groups is 1. The summed E-state index contributed by atoms with van der Waals surface area (Å²) in [5, 5.41) is 0. The first-order valence-corrected chi connectivity index (χ1v) is 13.1. The number of likely N-dealkylation sites (tertiary alicyclic amines) is 1. The van der Waals surface area contributed by atoms with Gasteiger partial charge in [-0.25, -0.2) is 17.2 Å². The summed E-state index contributed by atoms with van der Waals surface area (Å²) in [6, 6.07) is 7.36. The summed E-state index contributed by atoms with van der Waals surface area (Å²) in [5.74, 6) is -0.918. The third-order valence-electron chi connectivity index (χ3n) is 6.73. The van der Waals surface area contributed by atoms with Crippen LogP contribution in [0.1, 0.15) is 51.2 Å². The molecule has 1 fully saturated rings. The number of benzene rings is 2. The zero-order chi connectivity index (χ0) is 23.3. The van der Waals surface area contributed by atoms with E-state index in [4.69, 9.17) is 4.74 Å². The molecule has 0 unspecified atom stereocenters. The Balaban J connectivity index is 1.56. The van der Waals surface area contributed by atoms with Crippen molar-refractivity contribution in [3.63, 3.8) is 0 Å². The molecule has 1 saturated heterocycles. The first-order chi connectivity index (χ1) is 14.9. The molecular formula is C25H31F2NO3S. The third kappa shape index (κ3) is 4.84. The first-order valence-electron chi connectivity index (χ1n) is 11.1. The number of nitrogens with zero attached hydrogens (tertiary/aromatic N) is 1. The Bertz CT molecular complexity index is 1130. The minimum Gasteiger partial charge on any atom is -0.487 e. The molecule has 7 heteroatoms. The zero-order valence-electron chi connectivity index (χ0n) is 19.2. The molecule has 0 bridgehead atoms. The normalized spacial score (nSPS) is 18.9. The Labute approximate surface area is 189 Å². The monoisotopic (exact) mass is 463 g/mol. The van der Waals surface area contributed by atoms with Gasteiger partial charge in [0.2, 0.25) is 0 Å². The summed E-state index contributed by atoms with van der Waals surface area (Å²) in [7, 11) is -3.36. The highest BCUT2D eigenvalue weighted by molar-refractivity contribution is 7.89. The van der Waals surface area contributed by atoms with Gasteiger partial charge in [-0.15, -0.1) is 0 Å². The van der Waals surface area contributed by atoms with Crippen molar-refractivity contribution in [2.45, 2.75) is 63.3 Å². The topological polar surface area (TPSA) is 46.6 Å². The maximum absolute atomic E-state index is 15.0. The molecule has 4 nitrogen and oxygen atoms in total. The van der Waals surface area contributed by atoms with Crippen molar-refractivity contribution in [3.8, 4) is 16.9 Å². The van der Waals surface area contributed by atoms with E-state index in [0.29, 0.717) is 16.9 Å². The molecule has 0 aromatic heterocycles. The highest BCUT2D eigenvalue weighted by Crippen LogP contribution is 2.42. The van der Waals surface area contributed by atoms with Crippen LogP contribution < -0.4 is 4.74 Å². The average Bonchev–Trinajstić information content (AvgIpc) is 2.68. The molecule has 0 radical (unpaired) electrons. The number of hydrogen-bond donors (Lipinski definition) is 0. The van der Waals surface area contributed by atoms with Gasteiger partial charge in [0.15, 0.2) is 9.84 Å². The Morgan fingerprint density at radius 3 is 2.31 bits per heavy atom. The molecular weight excluding hydrogens is 432 g/mol. The molecule has 0 saturated carbocycles. The lowest BCUT2D eigenvalue weighted by Crippen LogP contribution is -2.54. The van der Waals surface area contributed by atoms with Crippen LogP contribution >= 0.6 is 0 Å². The Morgan fingerprint density at radius 1 is 1.03 bits per heavy atom. The first kappa shape index (κ1) is 23.2. The molecule has 2 aromatic rings. The van der Waals surface area contributed by atoms with Crippen LogP contribution in [0.5, 0.6) is 5.75 Å². The minimum absolute atomic E-state index is 0.0847. The van der Waals surface area contributed by atoms with Crippen LogP contribution in [0.3, 0.4) is 0 Å². The summed E-state index contributed by atoms with van der Waals surface area (Å²) in [4.78, 5) is 2.46. The van der Waals surface area contributed by atoms with Gasteiger partial charge < -0.3 is 4.74 Å². The Kier molecular flexibility index (Phi) is 5.87. The molecule has 0 amide bonds. The lowest BCUT2D eigenvalue weighted by atomic mass is 9.81. The molecule has 32 heavy (non-hydrogen) atoms. The Morgan fingerprint density at radius 2 is 1.72 bits per heavy atom. The van der Waals surface area contributed by atoms with E-state index in [9.17, 15) is 12.8 Å². The van der Waals surface area contributed by atoms with Crippen LogP contribution in [0.4, 0.5) is 8.78 Å². The number of ether oxygens (including phenoxy) is 1.